The number of likely N-dealkylation sites (tertiary alicyclic amines) is 1. The van der Waals surface area contributed by atoms with Gasteiger partial charge in [0, 0.05) is 23.8 Å². The molecule has 19 heavy (non-hydrogen) atoms. The van der Waals surface area contributed by atoms with E-state index in [1.54, 1.807) is 17.2 Å². The molecule has 0 spiro atoms. The van der Waals surface area contributed by atoms with Gasteiger partial charge >= 0.3 is 5.97 Å². The molecule has 0 radical (unpaired) electrons. The minimum absolute atomic E-state index is 0.135. The average Bonchev–Trinajstić information content (AvgIpc) is 2.84. The number of carboxylic acid groups (broad SMARTS) is 1. The number of aromatic amines is 1. The molecule has 1 aromatic rings. The highest BCUT2D eigenvalue weighted by molar-refractivity contribution is 9.10. The van der Waals surface area contributed by atoms with E-state index in [-0.39, 0.29) is 12.5 Å². The molecular formula is C13H17BrN2O3. The van der Waals surface area contributed by atoms with Crippen LogP contribution in [0.15, 0.2) is 16.7 Å². The minimum atomic E-state index is -0.805. The number of nitrogens with one attached hydrogen (secondary N) is 1. The lowest BCUT2D eigenvalue weighted by Gasteiger charge is -2.39. The van der Waals surface area contributed by atoms with Gasteiger partial charge in [0.2, 0.25) is 0 Å². The Balaban J connectivity index is 2.17. The number of carboxylic acids is 1. The van der Waals surface area contributed by atoms with Gasteiger partial charge in [0.15, 0.2) is 0 Å². The summed E-state index contributed by atoms with van der Waals surface area (Å²) in [5.74, 6) is -0.940. The maximum Gasteiger partial charge on any atom is 0.311 e. The van der Waals surface area contributed by atoms with E-state index in [1.165, 1.54) is 0 Å². The summed E-state index contributed by atoms with van der Waals surface area (Å²) in [5.41, 5.74) is -0.304. The number of carbonyl (C=O) groups is 2. The summed E-state index contributed by atoms with van der Waals surface area (Å²) in [7, 11) is 0. The first-order valence-corrected chi connectivity index (χ1v) is 7.14. The number of hydrogen-bond donors (Lipinski definition) is 2. The Morgan fingerprint density at radius 1 is 1.58 bits per heavy atom. The van der Waals surface area contributed by atoms with Crippen LogP contribution in [0.25, 0.3) is 0 Å². The van der Waals surface area contributed by atoms with Gasteiger partial charge in [-0.2, -0.15) is 0 Å². The molecule has 6 heteroatoms. The molecule has 5 nitrogen and oxygen atoms in total. The van der Waals surface area contributed by atoms with Crippen LogP contribution in [0.4, 0.5) is 0 Å². The molecule has 1 aliphatic rings. The van der Waals surface area contributed by atoms with Crippen LogP contribution in [0.3, 0.4) is 0 Å². The molecule has 1 saturated heterocycles. The lowest BCUT2D eigenvalue weighted by molar-refractivity contribution is -0.152. The molecule has 2 N–H and O–H groups in total. The summed E-state index contributed by atoms with van der Waals surface area (Å²) in [4.78, 5) is 28.3. The van der Waals surface area contributed by atoms with E-state index in [0.717, 1.165) is 10.9 Å². The number of halogens is 1. The number of carbonyl (C=O) groups excluding carboxylic acids is 1. The summed E-state index contributed by atoms with van der Waals surface area (Å²) in [6, 6.07) is 1.71. The van der Waals surface area contributed by atoms with Crippen molar-refractivity contribution in [3.63, 3.8) is 0 Å². The number of aromatic nitrogens is 1. The average molecular weight is 329 g/mol. The highest BCUT2D eigenvalue weighted by Crippen LogP contribution is 2.34. The van der Waals surface area contributed by atoms with Crippen molar-refractivity contribution in [3.8, 4) is 0 Å². The monoisotopic (exact) mass is 328 g/mol. The van der Waals surface area contributed by atoms with Crippen molar-refractivity contribution < 1.29 is 14.7 Å². The first-order chi connectivity index (χ1) is 8.98. The Morgan fingerprint density at radius 2 is 2.32 bits per heavy atom. The minimum Gasteiger partial charge on any atom is -0.481 e. The third kappa shape index (κ3) is 2.68. The smallest absolute Gasteiger partial charge is 0.311 e. The van der Waals surface area contributed by atoms with Crippen molar-refractivity contribution in [3.05, 3.63) is 22.4 Å². The van der Waals surface area contributed by atoms with Gasteiger partial charge in [-0.15, -0.1) is 0 Å². The number of rotatable bonds is 3. The molecule has 2 rings (SSSR count). The number of aliphatic carboxylic acids is 1. The second kappa shape index (κ2) is 5.36. The fraction of sp³-hybridized carbons (Fsp3) is 0.538. The third-order valence-corrected chi connectivity index (χ3v) is 4.33. The summed E-state index contributed by atoms with van der Waals surface area (Å²) in [6.07, 6.45) is 3.60. The van der Waals surface area contributed by atoms with Gasteiger partial charge in [-0.3, -0.25) is 9.59 Å². The maximum atomic E-state index is 12.3. The largest absolute Gasteiger partial charge is 0.481 e. The first kappa shape index (κ1) is 14.1. The maximum absolute atomic E-state index is 12.3. The number of nitrogens with zero attached hydrogens (tertiary/aromatic N) is 1. The van der Waals surface area contributed by atoms with Crippen molar-refractivity contribution in [2.24, 2.45) is 5.41 Å². The van der Waals surface area contributed by atoms with Crippen LogP contribution in [-0.2, 0) is 4.79 Å². The molecule has 0 saturated carbocycles. The van der Waals surface area contributed by atoms with Crippen LogP contribution in [-0.4, -0.2) is 40.0 Å². The summed E-state index contributed by atoms with van der Waals surface area (Å²) < 4.78 is 0.813. The van der Waals surface area contributed by atoms with Gasteiger partial charge in [-0.05, 0) is 41.3 Å². The quantitative estimate of drug-likeness (QED) is 0.895. The predicted molar refractivity (Wildman–Crippen MR) is 74.0 cm³/mol. The molecule has 2 heterocycles. The topological polar surface area (TPSA) is 73.4 Å². The second-order valence-electron chi connectivity index (χ2n) is 5.00. The van der Waals surface area contributed by atoms with Gasteiger partial charge in [0.1, 0.15) is 5.69 Å². The van der Waals surface area contributed by atoms with Crippen LogP contribution in [0.5, 0.6) is 0 Å². The lowest BCUT2D eigenvalue weighted by atomic mass is 9.77. The molecular weight excluding hydrogens is 312 g/mol. The van der Waals surface area contributed by atoms with Crippen molar-refractivity contribution in [1.29, 1.82) is 0 Å². The van der Waals surface area contributed by atoms with E-state index in [2.05, 4.69) is 20.9 Å². The standard InChI is InChI=1S/C13H17BrN2O3/c1-2-13(12(18)19)4-3-5-16(8-13)11(17)10-6-9(14)7-15-10/h6-7,15H,2-5,8H2,1H3,(H,18,19). The van der Waals surface area contributed by atoms with Crippen molar-refractivity contribution in [2.75, 3.05) is 13.1 Å². The Bertz CT molecular complexity index is 500. The SMILES string of the molecule is CCC1(C(=O)O)CCCN(C(=O)c2cc(Br)c[nH]2)C1. The highest BCUT2D eigenvalue weighted by atomic mass is 79.9. The van der Waals surface area contributed by atoms with E-state index < -0.39 is 11.4 Å². The van der Waals surface area contributed by atoms with E-state index in [1.807, 2.05) is 6.92 Å². The number of hydrogen-bond acceptors (Lipinski definition) is 2. The zero-order chi connectivity index (χ0) is 14.0. The van der Waals surface area contributed by atoms with Crippen molar-refractivity contribution >= 4 is 27.8 Å². The molecule has 1 atom stereocenters. The Kier molecular flexibility index (Phi) is 3.99. The van der Waals surface area contributed by atoms with E-state index in [9.17, 15) is 14.7 Å². The second-order valence-corrected chi connectivity index (χ2v) is 5.92. The highest BCUT2D eigenvalue weighted by Gasteiger charge is 2.42. The van der Waals surface area contributed by atoms with Crippen LogP contribution < -0.4 is 0 Å². The zero-order valence-corrected chi connectivity index (χ0v) is 12.4. The normalized spacial score (nSPS) is 23.4. The molecule has 1 aliphatic heterocycles. The Labute approximate surface area is 120 Å². The fourth-order valence-electron chi connectivity index (χ4n) is 2.58. The van der Waals surface area contributed by atoms with E-state index in [0.29, 0.717) is 25.1 Å². The zero-order valence-electron chi connectivity index (χ0n) is 10.8. The van der Waals surface area contributed by atoms with Gasteiger partial charge in [-0.1, -0.05) is 6.92 Å². The summed E-state index contributed by atoms with van der Waals surface area (Å²) in [5, 5.41) is 9.41. The molecule has 1 fully saturated rings. The van der Waals surface area contributed by atoms with Crippen LogP contribution in [0, 0.1) is 5.41 Å². The predicted octanol–water partition coefficient (Wildman–Crippen LogP) is 2.49. The molecule has 1 amide bonds. The number of H-pyrrole nitrogens is 1. The van der Waals surface area contributed by atoms with Gasteiger partial charge in [0.25, 0.3) is 5.91 Å². The van der Waals surface area contributed by atoms with Gasteiger partial charge in [0.05, 0.1) is 5.41 Å². The summed E-state index contributed by atoms with van der Waals surface area (Å²) in [6.45, 7) is 2.77. The van der Waals surface area contributed by atoms with Crippen LogP contribution in [0.1, 0.15) is 36.7 Å². The third-order valence-electron chi connectivity index (χ3n) is 3.87. The Hall–Kier alpha value is -1.30. The molecule has 104 valence electrons. The molecule has 0 aliphatic carbocycles. The first-order valence-electron chi connectivity index (χ1n) is 6.35. The Morgan fingerprint density at radius 3 is 2.84 bits per heavy atom. The lowest BCUT2D eigenvalue weighted by Crippen LogP contribution is -2.49. The molecule has 1 unspecified atom stereocenters. The number of piperidine rings is 1. The van der Waals surface area contributed by atoms with Crippen LogP contribution in [0.2, 0.25) is 0 Å². The molecule has 0 aromatic carbocycles. The van der Waals surface area contributed by atoms with E-state index in [4.69, 9.17) is 0 Å². The van der Waals surface area contributed by atoms with Crippen LogP contribution >= 0.6 is 15.9 Å². The summed E-state index contributed by atoms with van der Waals surface area (Å²) >= 11 is 3.29. The van der Waals surface area contributed by atoms with E-state index >= 15 is 0 Å². The number of amides is 1. The van der Waals surface area contributed by atoms with Gasteiger partial charge < -0.3 is 15.0 Å². The van der Waals surface area contributed by atoms with Crippen molar-refractivity contribution in [1.82, 2.24) is 9.88 Å². The molecule has 0 bridgehead atoms. The van der Waals surface area contributed by atoms with Gasteiger partial charge in [-0.25, -0.2) is 0 Å². The molecule has 1 aromatic heterocycles. The fourth-order valence-corrected chi connectivity index (χ4v) is 2.92. The van der Waals surface area contributed by atoms with Crippen molar-refractivity contribution in [2.45, 2.75) is 26.2 Å².